The molecule has 114 valence electrons. The third kappa shape index (κ3) is 5.95. The zero-order chi connectivity index (χ0) is 15.0. The fraction of sp³-hybridized carbons (Fsp3) is 0.600. The summed E-state index contributed by atoms with van der Waals surface area (Å²) in [5, 5.41) is 2.40. The molecule has 5 nitrogen and oxygen atoms in total. The Morgan fingerprint density at radius 3 is 2.80 bits per heavy atom. The van der Waals surface area contributed by atoms with Crippen LogP contribution in [0.2, 0.25) is 0 Å². The highest BCUT2D eigenvalue weighted by Gasteiger charge is 2.37. The number of aromatic nitrogens is 1. The first-order valence-corrected chi connectivity index (χ1v) is 7.76. The van der Waals surface area contributed by atoms with Gasteiger partial charge in [0, 0.05) is 30.7 Å². The standard InChI is InChI=1S/C10H14F3N3O2S2/c1-14-9(17)16-20-5-4-19-3-2-7-8(10(11,12)13)15-6-18-7/h6H,2-5H2,1H3,(H2,14,16,17). The zero-order valence-electron chi connectivity index (χ0n) is 10.6. The highest BCUT2D eigenvalue weighted by molar-refractivity contribution is 8.02. The van der Waals surface area contributed by atoms with Gasteiger partial charge in [-0.1, -0.05) is 0 Å². The van der Waals surface area contributed by atoms with E-state index in [9.17, 15) is 18.0 Å². The Hall–Kier alpha value is -1.03. The van der Waals surface area contributed by atoms with Crippen molar-refractivity contribution in [3.8, 4) is 0 Å². The van der Waals surface area contributed by atoms with Crippen LogP contribution in [0, 0.1) is 0 Å². The van der Waals surface area contributed by atoms with Crippen molar-refractivity contribution in [1.29, 1.82) is 0 Å². The van der Waals surface area contributed by atoms with Gasteiger partial charge in [-0.15, -0.1) is 0 Å². The van der Waals surface area contributed by atoms with Gasteiger partial charge in [0.2, 0.25) is 0 Å². The number of carbonyl (C=O) groups is 1. The summed E-state index contributed by atoms with van der Waals surface area (Å²) in [6, 6.07) is -0.281. The van der Waals surface area contributed by atoms with Crippen LogP contribution < -0.4 is 10.0 Å². The lowest BCUT2D eigenvalue weighted by Gasteiger charge is -2.05. The maximum atomic E-state index is 12.5. The predicted octanol–water partition coefficient (Wildman–Crippen LogP) is 2.55. The maximum Gasteiger partial charge on any atom is 0.436 e. The highest BCUT2D eigenvalue weighted by atomic mass is 32.2. The van der Waals surface area contributed by atoms with Crippen molar-refractivity contribution < 1.29 is 22.4 Å². The minimum Gasteiger partial charge on any atom is -0.448 e. The Morgan fingerprint density at radius 2 is 2.15 bits per heavy atom. The summed E-state index contributed by atoms with van der Waals surface area (Å²) in [5.41, 5.74) is -0.950. The van der Waals surface area contributed by atoms with Crippen LogP contribution in [0.4, 0.5) is 18.0 Å². The Labute approximate surface area is 122 Å². The Kier molecular flexibility index (Phi) is 7.06. The summed E-state index contributed by atoms with van der Waals surface area (Å²) in [6.45, 7) is 0. The van der Waals surface area contributed by atoms with E-state index < -0.39 is 11.9 Å². The molecule has 1 aromatic rings. The Morgan fingerprint density at radius 1 is 1.40 bits per heavy atom. The number of nitrogens with zero attached hydrogens (tertiary/aromatic N) is 1. The van der Waals surface area contributed by atoms with Crippen LogP contribution in [-0.4, -0.2) is 35.3 Å². The molecular weight excluding hydrogens is 315 g/mol. The molecule has 0 bridgehead atoms. The molecule has 0 aliphatic heterocycles. The number of thioether (sulfide) groups is 1. The number of rotatable bonds is 7. The predicted molar refractivity (Wildman–Crippen MR) is 72.6 cm³/mol. The third-order valence-electron chi connectivity index (χ3n) is 2.10. The van der Waals surface area contributed by atoms with Gasteiger partial charge in [-0.05, 0) is 11.9 Å². The molecule has 2 N–H and O–H groups in total. The van der Waals surface area contributed by atoms with E-state index >= 15 is 0 Å². The summed E-state index contributed by atoms with van der Waals surface area (Å²) < 4.78 is 44.8. The van der Waals surface area contributed by atoms with Crippen molar-refractivity contribution in [3.63, 3.8) is 0 Å². The largest absolute Gasteiger partial charge is 0.448 e. The quantitative estimate of drug-likeness (QED) is 0.594. The smallest absolute Gasteiger partial charge is 0.436 e. The molecular formula is C10H14F3N3O2S2. The summed E-state index contributed by atoms with van der Waals surface area (Å²) in [4.78, 5) is 14.0. The third-order valence-corrected chi connectivity index (χ3v) is 4.09. The molecule has 0 radical (unpaired) electrons. The van der Waals surface area contributed by atoms with Crippen molar-refractivity contribution in [2.45, 2.75) is 12.6 Å². The topological polar surface area (TPSA) is 67.2 Å². The van der Waals surface area contributed by atoms with E-state index in [2.05, 4.69) is 15.0 Å². The minimum atomic E-state index is -4.47. The number of hydrogen-bond donors (Lipinski definition) is 2. The summed E-state index contributed by atoms with van der Waals surface area (Å²) in [6.07, 6.45) is -3.49. The number of aryl methyl sites for hydroxylation is 1. The normalized spacial score (nSPS) is 11.4. The molecule has 0 aliphatic carbocycles. The summed E-state index contributed by atoms with van der Waals surface area (Å²) in [5.74, 6) is 1.74. The maximum absolute atomic E-state index is 12.5. The number of urea groups is 1. The molecule has 0 aromatic carbocycles. The SMILES string of the molecule is CNC(=O)NSCCSCCc1ocnc1C(F)(F)F. The molecule has 1 rings (SSSR count). The van der Waals surface area contributed by atoms with Gasteiger partial charge < -0.3 is 9.73 Å². The highest BCUT2D eigenvalue weighted by Crippen LogP contribution is 2.31. The molecule has 0 fully saturated rings. The molecule has 0 spiro atoms. The van der Waals surface area contributed by atoms with Crippen LogP contribution in [0.5, 0.6) is 0 Å². The van der Waals surface area contributed by atoms with E-state index in [0.717, 1.165) is 6.39 Å². The molecule has 20 heavy (non-hydrogen) atoms. The van der Waals surface area contributed by atoms with Gasteiger partial charge in [0.1, 0.15) is 5.76 Å². The summed E-state index contributed by atoms with van der Waals surface area (Å²) in [7, 11) is 1.51. The second-order valence-electron chi connectivity index (χ2n) is 3.51. The monoisotopic (exact) mass is 329 g/mol. The number of halogens is 3. The average molecular weight is 329 g/mol. The lowest BCUT2D eigenvalue weighted by Crippen LogP contribution is -2.27. The van der Waals surface area contributed by atoms with Gasteiger partial charge in [0.15, 0.2) is 12.1 Å². The van der Waals surface area contributed by atoms with Gasteiger partial charge >= 0.3 is 12.2 Å². The molecule has 0 saturated carbocycles. The lowest BCUT2D eigenvalue weighted by atomic mass is 10.3. The van der Waals surface area contributed by atoms with Crippen LogP contribution in [0.1, 0.15) is 11.5 Å². The van der Waals surface area contributed by atoms with Crippen molar-refractivity contribution in [2.24, 2.45) is 0 Å². The second kappa shape index (κ2) is 8.30. The fourth-order valence-electron chi connectivity index (χ4n) is 1.21. The summed E-state index contributed by atoms with van der Waals surface area (Å²) >= 11 is 2.73. The van der Waals surface area contributed by atoms with E-state index in [1.807, 2.05) is 0 Å². The number of nitrogens with one attached hydrogen (secondary N) is 2. The number of carbonyl (C=O) groups excluding carboxylic acids is 1. The molecule has 0 saturated heterocycles. The molecule has 0 unspecified atom stereocenters. The average Bonchev–Trinajstić information content (AvgIpc) is 2.85. The number of amides is 2. The first kappa shape index (κ1) is 17.0. The van der Waals surface area contributed by atoms with E-state index in [-0.39, 0.29) is 18.2 Å². The number of hydrogen-bond acceptors (Lipinski definition) is 5. The van der Waals surface area contributed by atoms with E-state index in [4.69, 9.17) is 4.42 Å². The van der Waals surface area contributed by atoms with Crippen LogP contribution >= 0.6 is 23.7 Å². The van der Waals surface area contributed by atoms with Gasteiger partial charge in [0.25, 0.3) is 0 Å². The Balaban J connectivity index is 2.16. The molecule has 0 atom stereocenters. The molecule has 1 aromatic heterocycles. The lowest BCUT2D eigenvalue weighted by molar-refractivity contribution is -0.141. The number of oxazole rings is 1. The van der Waals surface area contributed by atoms with Gasteiger partial charge in [-0.2, -0.15) is 24.9 Å². The van der Waals surface area contributed by atoms with Crippen molar-refractivity contribution in [1.82, 2.24) is 15.0 Å². The van der Waals surface area contributed by atoms with E-state index in [0.29, 0.717) is 17.3 Å². The zero-order valence-corrected chi connectivity index (χ0v) is 12.3. The van der Waals surface area contributed by atoms with Crippen molar-refractivity contribution in [2.75, 3.05) is 24.3 Å². The molecule has 10 heteroatoms. The second-order valence-corrected chi connectivity index (χ2v) is 5.64. The number of alkyl halides is 3. The fourth-order valence-corrected chi connectivity index (χ4v) is 2.89. The minimum absolute atomic E-state index is 0.138. The van der Waals surface area contributed by atoms with Crippen LogP contribution in [0.15, 0.2) is 10.8 Å². The molecule has 0 aliphatic rings. The van der Waals surface area contributed by atoms with Crippen molar-refractivity contribution in [3.05, 3.63) is 17.8 Å². The van der Waals surface area contributed by atoms with Gasteiger partial charge in [-0.25, -0.2) is 9.78 Å². The van der Waals surface area contributed by atoms with Crippen molar-refractivity contribution >= 4 is 29.7 Å². The van der Waals surface area contributed by atoms with Crippen LogP contribution in [-0.2, 0) is 12.6 Å². The van der Waals surface area contributed by atoms with Crippen LogP contribution in [0.25, 0.3) is 0 Å². The molecule has 2 amide bonds. The van der Waals surface area contributed by atoms with Crippen LogP contribution in [0.3, 0.4) is 0 Å². The first-order chi connectivity index (χ1) is 9.45. The Bertz CT molecular complexity index is 426. The molecule has 1 heterocycles. The van der Waals surface area contributed by atoms with Gasteiger partial charge in [-0.3, -0.25) is 4.72 Å². The first-order valence-electron chi connectivity index (χ1n) is 5.62. The van der Waals surface area contributed by atoms with E-state index in [1.165, 1.54) is 30.8 Å². The van der Waals surface area contributed by atoms with E-state index in [1.54, 1.807) is 0 Å². The van der Waals surface area contributed by atoms with Gasteiger partial charge in [0.05, 0.1) is 0 Å².